The molecule has 0 saturated carbocycles. The molecule has 0 aliphatic rings. The van der Waals surface area contributed by atoms with Gasteiger partial charge in [-0.25, -0.2) is 0 Å². The van der Waals surface area contributed by atoms with Crippen LogP contribution in [0.5, 0.6) is 0 Å². The fraction of sp³-hybridized carbons (Fsp3) is 0.417. The van der Waals surface area contributed by atoms with Crippen LogP contribution < -0.4 is 0 Å². The Bertz CT molecular complexity index is 266. The Balaban J connectivity index is 2.50. The normalized spacial score (nSPS) is 9.92. The van der Waals surface area contributed by atoms with Crippen LogP contribution in [0.25, 0.3) is 0 Å². The summed E-state index contributed by atoms with van der Waals surface area (Å²) < 4.78 is 0. The first-order chi connectivity index (χ1) is 6.36. The predicted molar refractivity (Wildman–Crippen MR) is 54.8 cm³/mol. The van der Waals surface area contributed by atoms with Crippen molar-refractivity contribution in [3.63, 3.8) is 0 Å². The molecule has 0 aliphatic heterocycles. The average Bonchev–Trinajstić information content (AvgIpc) is 2.19. The van der Waals surface area contributed by atoms with Crippen molar-refractivity contribution in [1.29, 1.82) is 0 Å². The highest BCUT2D eigenvalue weighted by molar-refractivity contribution is 5.49. The zero-order chi connectivity index (χ0) is 9.52. The zero-order valence-corrected chi connectivity index (χ0v) is 8.12. The van der Waals surface area contributed by atoms with Gasteiger partial charge in [0.2, 0.25) is 0 Å². The third-order valence-corrected chi connectivity index (χ3v) is 2.19. The van der Waals surface area contributed by atoms with Crippen LogP contribution in [0.15, 0.2) is 24.3 Å². The fourth-order valence-corrected chi connectivity index (χ4v) is 1.39. The van der Waals surface area contributed by atoms with E-state index in [-0.39, 0.29) is 0 Å². The Morgan fingerprint density at radius 1 is 1.31 bits per heavy atom. The van der Waals surface area contributed by atoms with Crippen LogP contribution in [0, 0.1) is 0 Å². The topological polar surface area (TPSA) is 17.1 Å². The Morgan fingerprint density at radius 2 is 2.08 bits per heavy atom. The van der Waals surface area contributed by atoms with Crippen LogP contribution in [0.1, 0.15) is 30.9 Å². The van der Waals surface area contributed by atoms with Crippen LogP contribution in [0.4, 0.5) is 0 Å². The first kappa shape index (κ1) is 9.97. The zero-order valence-electron chi connectivity index (χ0n) is 8.12. The van der Waals surface area contributed by atoms with Gasteiger partial charge in [0.25, 0.3) is 0 Å². The van der Waals surface area contributed by atoms with Crippen molar-refractivity contribution in [3.8, 4) is 0 Å². The molecule has 0 bridgehead atoms. The minimum atomic E-state index is 0.677. The van der Waals surface area contributed by atoms with E-state index in [4.69, 9.17) is 0 Å². The molecule has 0 atom stereocenters. The van der Waals surface area contributed by atoms with Crippen LogP contribution >= 0.6 is 0 Å². The van der Waals surface area contributed by atoms with Crippen molar-refractivity contribution >= 4 is 6.29 Å². The van der Waals surface area contributed by atoms with E-state index < -0.39 is 0 Å². The van der Waals surface area contributed by atoms with Gasteiger partial charge in [0.05, 0.1) is 0 Å². The number of unbranched alkanes of at least 4 members (excludes halogenated alkanes) is 1. The summed E-state index contributed by atoms with van der Waals surface area (Å²) in [4.78, 5) is 10.1. The predicted octanol–water partition coefficient (Wildman–Crippen LogP) is 2.77. The molecule has 0 heterocycles. The first-order valence-corrected chi connectivity index (χ1v) is 4.88. The first-order valence-electron chi connectivity index (χ1n) is 4.88. The summed E-state index contributed by atoms with van der Waals surface area (Å²) >= 11 is 0. The molecule has 0 aromatic heterocycles. The molecule has 1 aromatic carbocycles. The van der Waals surface area contributed by atoms with Crippen LogP contribution in [-0.4, -0.2) is 6.29 Å². The van der Waals surface area contributed by atoms with Gasteiger partial charge in [-0.3, -0.25) is 0 Å². The van der Waals surface area contributed by atoms with E-state index in [9.17, 15) is 4.79 Å². The molecule has 70 valence electrons. The van der Waals surface area contributed by atoms with Gasteiger partial charge in [0.15, 0.2) is 0 Å². The van der Waals surface area contributed by atoms with Crippen molar-refractivity contribution < 1.29 is 4.79 Å². The monoisotopic (exact) mass is 176 g/mol. The summed E-state index contributed by atoms with van der Waals surface area (Å²) in [5, 5.41) is 0. The maximum atomic E-state index is 10.1. The van der Waals surface area contributed by atoms with E-state index in [1.165, 1.54) is 11.1 Å². The number of carbonyl (C=O) groups is 1. The van der Waals surface area contributed by atoms with Gasteiger partial charge in [-0.15, -0.1) is 0 Å². The lowest BCUT2D eigenvalue weighted by atomic mass is 10.0. The summed E-state index contributed by atoms with van der Waals surface area (Å²) in [6.07, 6.45) is 4.74. The lowest BCUT2D eigenvalue weighted by Gasteiger charge is -2.01. The lowest BCUT2D eigenvalue weighted by molar-refractivity contribution is -0.107. The molecule has 1 nitrogen and oxygen atoms in total. The summed E-state index contributed by atoms with van der Waals surface area (Å²) in [7, 11) is 0. The van der Waals surface area contributed by atoms with Crippen LogP contribution in [0.2, 0.25) is 0 Å². The highest BCUT2D eigenvalue weighted by Crippen LogP contribution is 2.08. The molecule has 0 unspecified atom stereocenters. The smallest absolute Gasteiger partial charge is 0.120 e. The molecule has 1 rings (SSSR count). The Hall–Kier alpha value is -1.11. The van der Waals surface area contributed by atoms with Gasteiger partial charge in [0, 0.05) is 6.42 Å². The maximum Gasteiger partial charge on any atom is 0.120 e. The Kier molecular flexibility index (Phi) is 4.24. The lowest BCUT2D eigenvalue weighted by Crippen LogP contribution is -1.88. The number of aryl methyl sites for hydroxylation is 2. The Morgan fingerprint density at radius 3 is 2.77 bits per heavy atom. The minimum Gasteiger partial charge on any atom is -0.303 e. The summed E-state index contributed by atoms with van der Waals surface area (Å²) in [6.45, 7) is 2.16. The highest BCUT2D eigenvalue weighted by Gasteiger charge is 1.94. The molecule has 13 heavy (non-hydrogen) atoms. The van der Waals surface area contributed by atoms with Crippen LogP contribution in [-0.2, 0) is 17.6 Å². The number of benzene rings is 1. The minimum absolute atomic E-state index is 0.677. The van der Waals surface area contributed by atoms with Crippen molar-refractivity contribution in [3.05, 3.63) is 35.4 Å². The number of hydrogen-bond donors (Lipinski definition) is 0. The summed E-state index contributed by atoms with van der Waals surface area (Å²) in [6, 6.07) is 8.59. The molecule has 0 radical (unpaired) electrons. The van der Waals surface area contributed by atoms with E-state index in [0.29, 0.717) is 6.42 Å². The van der Waals surface area contributed by atoms with Gasteiger partial charge in [-0.05, 0) is 30.4 Å². The third-order valence-electron chi connectivity index (χ3n) is 2.19. The van der Waals surface area contributed by atoms with E-state index >= 15 is 0 Å². The van der Waals surface area contributed by atoms with Gasteiger partial charge < -0.3 is 4.79 Å². The number of hydrogen-bond acceptors (Lipinski definition) is 1. The molecule has 0 aliphatic carbocycles. The van der Waals surface area contributed by atoms with Crippen molar-refractivity contribution in [2.75, 3.05) is 0 Å². The standard InChI is InChI=1S/C12H16O/c1-2-11-7-5-8-12(10-11)6-3-4-9-13/h5,7-10H,2-4,6H2,1H3. The third kappa shape index (κ3) is 3.41. The summed E-state index contributed by atoms with van der Waals surface area (Å²) in [5.41, 5.74) is 2.73. The SMILES string of the molecule is CCc1cccc(CCCC=O)c1. The fourth-order valence-electron chi connectivity index (χ4n) is 1.39. The van der Waals surface area contributed by atoms with E-state index in [1.54, 1.807) is 0 Å². The second-order valence-electron chi connectivity index (χ2n) is 3.23. The molecular weight excluding hydrogens is 160 g/mol. The van der Waals surface area contributed by atoms with Gasteiger partial charge >= 0.3 is 0 Å². The quantitative estimate of drug-likeness (QED) is 0.498. The van der Waals surface area contributed by atoms with Crippen LogP contribution in [0.3, 0.4) is 0 Å². The van der Waals surface area contributed by atoms with Gasteiger partial charge in [-0.1, -0.05) is 31.2 Å². The van der Waals surface area contributed by atoms with Gasteiger partial charge in [-0.2, -0.15) is 0 Å². The number of aldehydes is 1. The number of carbonyl (C=O) groups excluding carboxylic acids is 1. The largest absolute Gasteiger partial charge is 0.303 e. The molecule has 0 N–H and O–H groups in total. The molecular formula is C12H16O. The van der Waals surface area contributed by atoms with E-state index in [1.807, 2.05) is 0 Å². The summed E-state index contributed by atoms with van der Waals surface area (Å²) in [5.74, 6) is 0. The van der Waals surface area contributed by atoms with Crippen molar-refractivity contribution in [2.45, 2.75) is 32.6 Å². The molecule has 1 heteroatoms. The van der Waals surface area contributed by atoms with Crippen molar-refractivity contribution in [1.82, 2.24) is 0 Å². The van der Waals surface area contributed by atoms with Gasteiger partial charge in [0.1, 0.15) is 6.29 Å². The average molecular weight is 176 g/mol. The van der Waals surface area contributed by atoms with Crippen molar-refractivity contribution in [2.24, 2.45) is 0 Å². The number of rotatable bonds is 5. The molecule has 0 spiro atoms. The molecule has 0 saturated heterocycles. The molecule has 0 amide bonds. The second kappa shape index (κ2) is 5.52. The molecule has 1 aromatic rings. The highest BCUT2D eigenvalue weighted by atomic mass is 16.1. The molecule has 0 fully saturated rings. The van der Waals surface area contributed by atoms with E-state index in [0.717, 1.165) is 25.5 Å². The Labute approximate surface area is 79.8 Å². The van der Waals surface area contributed by atoms with E-state index in [2.05, 4.69) is 31.2 Å². The second-order valence-corrected chi connectivity index (χ2v) is 3.23. The maximum absolute atomic E-state index is 10.1.